The van der Waals surface area contributed by atoms with E-state index < -0.39 is 10.0 Å². The quantitative estimate of drug-likeness (QED) is 0.700. The topological polar surface area (TPSA) is 105 Å². The fraction of sp³-hybridized carbons (Fsp3) is 0.611. The SMILES string of the molecule is O=C(NCCN1CCOCC1)[C@H]1CCCN(S(=O)(=O)c2cccc3nsnc23)C1. The summed E-state index contributed by atoms with van der Waals surface area (Å²) in [5.41, 5.74) is 0.972. The van der Waals surface area contributed by atoms with E-state index in [2.05, 4.69) is 19.0 Å². The molecule has 2 fully saturated rings. The van der Waals surface area contributed by atoms with Gasteiger partial charge in [-0.2, -0.15) is 13.1 Å². The number of ether oxygens (including phenoxy) is 1. The molecule has 2 aliphatic rings. The molecule has 0 saturated carbocycles. The van der Waals surface area contributed by atoms with Crippen LogP contribution in [0.5, 0.6) is 0 Å². The van der Waals surface area contributed by atoms with Crippen LogP contribution in [0.1, 0.15) is 12.8 Å². The Bertz CT molecular complexity index is 958. The van der Waals surface area contributed by atoms with Gasteiger partial charge >= 0.3 is 0 Å². The molecule has 1 aromatic carbocycles. The molecule has 1 amide bonds. The molecular formula is C18H25N5O4S2. The number of nitrogens with zero attached hydrogens (tertiary/aromatic N) is 4. The van der Waals surface area contributed by atoms with Gasteiger partial charge in [-0.3, -0.25) is 9.69 Å². The Hall–Kier alpha value is -1.66. The van der Waals surface area contributed by atoms with E-state index in [1.54, 1.807) is 18.2 Å². The molecule has 0 bridgehead atoms. The second kappa shape index (κ2) is 9.00. The average Bonchev–Trinajstić information content (AvgIpc) is 3.23. The molecule has 2 aliphatic heterocycles. The highest BCUT2D eigenvalue weighted by Crippen LogP contribution is 2.28. The molecule has 0 spiro atoms. The molecule has 1 N–H and O–H groups in total. The van der Waals surface area contributed by atoms with Gasteiger partial charge in [0.05, 0.1) is 30.9 Å². The normalized spacial score (nSPS) is 22.0. The number of rotatable bonds is 6. The number of carbonyl (C=O) groups is 1. The number of carbonyl (C=O) groups excluding carboxylic acids is 1. The number of aromatic nitrogens is 2. The second-order valence-corrected chi connectivity index (χ2v) is 9.77. The van der Waals surface area contributed by atoms with E-state index in [-0.39, 0.29) is 23.3 Å². The number of hydrogen-bond acceptors (Lipinski definition) is 8. The lowest BCUT2D eigenvalue weighted by molar-refractivity contribution is -0.126. The minimum absolute atomic E-state index is 0.0771. The smallest absolute Gasteiger partial charge is 0.245 e. The van der Waals surface area contributed by atoms with Crippen LogP contribution in [0.2, 0.25) is 0 Å². The third-order valence-corrected chi connectivity index (χ3v) is 7.89. The molecule has 2 saturated heterocycles. The van der Waals surface area contributed by atoms with E-state index in [0.29, 0.717) is 37.0 Å². The van der Waals surface area contributed by atoms with Crippen molar-refractivity contribution >= 4 is 38.7 Å². The van der Waals surface area contributed by atoms with Gasteiger partial charge in [0.25, 0.3) is 0 Å². The first-order valence-corrected chi connectivity index (χ1v) is 12.0. The zero-order valence-electron chi connectivity index (χ0n) is 16.1. The Labute approximate surface area is 174 Å². The van der Waals surface area contributed by atoms with Gasteiger partial charge in [-0.1, -0.05) is 6.07 Å². The molecule has 1 aromatic heterocycles. The first-order valence-electron chi connectivity index (χ1n) is 9.85. The van der Waals surface area contributed by atoms with E-state index >= 15 is 0 Å². The van der Waals surface area contributed by atoms with Gasteiger partial charge in [-0.05, 0) is 25.0 Å². The summed E-state index contributed by atoms with van der Waals surface area (Å²) in [4.78, 5) is 15.0. The number of piperidine rings is 1. The molecule has 29 heavy (non-hydrogen) atoms. The highest BCUT2D eigenvalue weighted by molar-refractivity contribution is 7.89. The summed E-state index contributed by atoms with van der Waals surface area (Å²) in [5, 5.41) is 2.97. The average molecular weight is 440 g/mol. The summed E-state index contributed by atoms with van der Waals surface area (Å²) in [5.74, 6) is -0.414. The summed E-state index contributed by atoms with van der Waals surface area (Å²) >= 11 is 0.997. The van der Waals surface area contributed by atoms with Crippen LogP contribution >= 0.6 is 11.7 Å². The summed E-state index contributed by atoms with van der Waals surface area (Å²) in [6.07, 6.45) is 1.35. The van der Waals surface area contributed by atoms with E-state index in [4.69, 9.17) is 4.74 Å². The Kier molecular flexibility index (Phi) is 6.40. The van der Waals surface area contributed by atoms with Crippen molar-refractivity contribution in [1.29, 1.82) is 0 Å². The third-order valence-electron chi connectivity index (χ3n) is 5.45. The number of fused-ring (bicyclic) bond motifs is 1. The van der Waals surface area contributed by atoms with Crippen molar-refractivity contribution in [3.63, 3.8) is 0 Å². The van der Waals surface area contributed by atoms with E-state index in [0.717, 1.165) is 44.6 Å². The minimum atomic E-state index is -3.73. The first-order chi connectivity index (χ1) is 14.1. The van der Waals surface area contributed by atoms with Crippen LogP contribution in [0.25, 0.3) is 11.0 Å². The van der Waals surface area contributed by atoms with Crippen molar-refractivity contribution in [2.75, 3.05) is 52.5 Å². The fourth-order valence-corrected chi connectivity index (χ4v) is 6.09. The highest BCUT2D eigenvalue weighted by atomic mass is 32.2. The lowest BCUT2D eigenvalue weighted by Gasteiger charge is -2.31. The summed E-state index contributed by atoms with van der Waals surface area (Å²) in [6, 6.07) is 4.99. The predicted octanol–water partition coefficient (Wildman–Crippen LogP) is 0.540. The largest absolute Gasteiger partial charge is 0.379 e. The Morgan fingerprint density at radius 3 is 2.90 bits per heavy atom. The molecule has 4 rings (SSSR count). The number of sulfonamides is 1. The van der Waals surface area contributed by atoms with Crippen LogP contribution < -0.4 is 5.32 Å². The van der Waals surface area contributed by atoms with Crippen molar-refractivity contribution in [3.8, 4) is 0 Å². The molecular weight excluding hydrogens is 414 g/mol. The molecule has 0 radical (unpaired) electrons. The fourth-order valence-electron chi connectivity index (χ4n) is 3.81. The Balaban J connectivity index is 1.38. The standard InChI is InChI=1S/C18H25N5O4S2/c24-18(19-6-8-22-9-11-27-12-10-22)14-3-2-7-23(13-14)29(25,26)16-5-1-4-15-17(16)21-28-20-15/h1,4-5,14H,2-3,6-13H2,(H,19,24)/t14-/m0/s1. The molecule has 11 heteroatoms. The number of nitrogens with one attached hydrogen (secondary N) is 1. The maximum absolute atomic E-state index is 13.2. The lowest BCUT2D eigenvalue weighted by Crippen LogP contribution is -2.47. The van der Waals surface area contributed by atoms with Gasteiger partial charge in [0.1, 0.15) is 15.9 Å². The third kappa shape index (κ3) is 4.58. The number of benzene rings is 1. The van der Waals surface area contributed by atoms with Gasteiger partial charge in [0.15, 0.2) is 0 Å². The van der Waals surface area contributed by atoms with E-state index in [1.807, 2.05) is 0 Å². The molecule has 2 aromatic rings. The molecule has 1 atom stereocenters. The van der Waals surface area contributed by atoms with Crippen molar-refractivity contribution in [2.45, 2.75) is 17.7 Å². The number of hydrogen-bond donors (Lipinski definition) is 1. The second-order valence-electron chi connectivity index (χ2n) is 7.34. The van der Waals surface area contributed by atoms with Crippen molar-refractivity contribution < 1.29 is 17.9 Å². The van der Waals surface area contributed by atoms with Crippen LogP contribution in [-0.2, 0) is 19.6 Å². The Morgan fingerprint density at radius 2 is 2.07 bits per heavy atom. The van der Waals surface area contributed by atoms with Crippen molar-refractivity contribution in [2.24, 2.45) is 5.92 Å². The van der Waals surface area contributed by atoms with Crippen molar-refractivity contribution in [3.05, 3.63) is 18.2 Å². The van der Waals surface area contributed by atoms with Crippen LogP contribution in [0, 0.1) is 5.92 Å². The molecule has 0 aliphatic carbocycles. The Morgan fingerprint density at radius 1 is 1.24 bits per heavy atom. The zero-order chi connectivity index (χ0) is 20.3. The van der Waals surface area contributed by atoms with E-state index in [9.17, 15) is 13.2 Å². The minimum Gasteiger partial charge on any atom is -0.379 e. The summed E-state index contributed by atoms with van der Waals surface area (Å²) in [6.45, 7) is 5.15. The maximum atomic E-state index is 13.2. The predicted molar refractivity (Wildman–Crippen MR) is 109 cm³/mol. The summed E-state index contributed by atoms with van der Waals surface area (Å²) < 4.78 is 41.4. The molecule has 158 valence electrons. The van der Waals surface area contributed by atoms with Crippen LogP contribution in [0.15, 0.2) is 23.1 Å². The van der Waals surface area contributed by atoms with Gasteiger partial charge in [-0.15, -0.1) is 0 Å². The van der Waals surface area contributed by atoms with E-state index in [1.165, 1.54) is 4.31 Å². The molecule has 9 nitrogen and oxygen atoms in total. The number of amides is 1. The zero-order valence-corrected chi connectivity index (χ0v) is 17.8. The van der Waals surface area contributed by atoms with Gasteiger partial charge in [0, 0.05) is 39.3 Å². The van der Waals surface area contributed by atoms with Gasteiger partial charge in [-0.25, -0.2) is 8.42 Å². The lowest BCUT2D eigenvalue weighted by atomic mass is 9.99. The van der Waals surface area contributed by atoms with Crippen molar-refractivity contribution in [1.82, 2.24) is 23.3 Å². The van der Waals surface area contributed by atoms with Gasteiger partial charge in [0.2, 0.25) is 15.9 Å². The van der Waals surface area contributed by atoms with Crippen LogP contribution in [0.4, 0.5) is 0 Å². The maximum Gasteiger partial charge on any atom is 0.245 e. The summed E-state index contributed by atoms with van der Waals surface area (Å²) in [7, 11) is -3.73. The monoisotopic (exact) mass is 439 g/mol. The first kappa shape index (κ1) is 20.6. The highest BCUT2D eigenvalue weighted by Gasteiger charge is 2.34. The van der Waals surface area contributed by atoms with Gasteiger partial charge < -0.3 is 10.1 Å². The van der Waals surface area contributed by atoms with Crippen LogP contribution in [-0.4, -0.2) is 84.8 Å². The van der Waals surface area contributed by atoms with Crippen LogP contribution in [0.3, 0.4) is 0 Å². The molecule has 0 unspecified atom stereocenters. The molecule has 3 heterocycles. The number of morpholine rings is 1.